The number of aryl methyl sites for hydroxylation is 2. The van der Waals surface area contributed by atoms with Crippen LogP contribution in [0.3, 0.4) is 0 Å². The lowest BCUT2D eigenvalue weighted by molar-refractivity contribution is 1.31. The molecule has 0 aliphatic carbocycles. The molecule has 0 spiro atoms. The van der Waals surface area contributed by atoms with Crippen molar-refractivity contribution >= 4 is 17.2 Å². The molecule has 3 nitrogen and oxygen atoms in total. The van der Waals surface area contributed by atoms with Crippen molar-refractivity contribution < 1.29 is 0 Å². The molecule has 2 aromatic heterocycles. The highest BCUT2D eigenvalue weighted by Crippen LogP contribution is 2.31. The van der Waals surface area contributed by atoms with Gasteiger partial charge in [-0.2, -0.15) is 0 Å². The molecule has 1 aromatic carbocycles. The van der Waals surface area contributed by atoms with E-state index in [1.165, 1.54) is 11.1 Å². The van der Waals surface area contributed by atoms with E-state index >= 15 is 0 Å². The Morgan fingerprint density at radius 1 is 1.10 bits per heavy atom. The Bertz CT molecular complexity index is 762. The minimum Gasteiger partial charge on any atom is -0.383 e. The van der Waals surface area contributed by atoms with Gasteiger partial charge in [0.2, 0.25) is 0 Å². The number of nitrogens with zero attached hydrogens (tertiary/aromatic N) is 2. The van der Waals surface area contributed by atoms with Gasteiger partial charge in [-0.15, -0.1) is 11.3 Å². The molecule has 3 rings (SSSR count). The van der Waals surface area contributed by atoms with Gasteiger partial charge in [-0.3, -0.25) is 0 Å². The molecule has 100 valence electrons. The van der Waals surface area contributed by atoms with Crippen molar-refractivity contribution in [2.24, 2.45) is 0 Å². The summed E-state index contributed by atoms with van der Waals surface area (Å²) >= 11 is 1.59. The largest absolute Gasteiger partial charge is 0.383 e. The van der Waals surface area contributed by atoms with Crippen molar-refractivity contribution in [3.8, 4) is 21.8 Å². The van der Waals surface area contributed by atoms with Gasteiger partial charge in [0, 0.05) is 17.1 Å². The van der Waals surface area contributed by atoms with Crippen LogP contribution in [0.4, 0.5) is 5.82 Å². The third-order valence-electron chi connectivity index (χ3n) is 3.38. The Kier molecular flexibility index (Phi) is 3.24. The molecule has 0 radical (unpaired) electrons. The first-order chi connectivity index (χ1) is 9.65. The summed E-state index contributed by atoms with van der Waals surface area (Å²) < 4.78 is 0. The summed E-state index contributed by atoms with van der Waals surface area (Å²) in [5, 5.41) is 2.97. The number of hydrogen-bond donors (Lipinski definition) is 1. The Morgan fingerprint density at radius 2 is 1.95 bits per heavy atom. The molecule has 0 fully saturated rings. The predicted octanol–water partition coefficient (Wildman–Crippen LogP) is 4.07. The normalized spacial score (nSPS) is 10.7. The van der Waals surface area contributed by atoms with Crippen LogP contribution in [0.1, 0.15) is 11.1 Å². The van der Waals surface area contributed by atoms with Gasteiger partial charge in [0.05, 0.1) is 11.3 Å². The van der Waals surface area contributed by atoms with E-state index in [0.717, 1.165) is 21.8 Å². The lowest BCUT2D eigenvalue weighted by Gasteiger charge is -2.02. The predicted molar refractivity (Wildman–Crippen MR) is 84.7 cm³/mol. The topological polar surface area (TPSA) is 51.8 Å². The second-order valence-electron chi connectivity index (χ2n) is 4.77. The fraction of sp³-hybridized carbons (Fsp3) is 0.125. The summed E-state index contributed by atoms with van der Waals surface area (Å²) in [6, 6.07) is 10.2. The molecule has 0 saturated carbocycles. The van der Waals surface area contributed by atoms with Gasteiger partial charge in [-0.25, -0.2) is 9.97 Å². The lowest BCUT2D eigenvalue weighted by Crippen LogP contribution is -1.92. The zero-order chi connectivity index (χ0) is 14.1. The minimum atomic E-state index is 0.522. The lowest BCUT2D eigenvalue weighted by atomic mass is 10.1. The molecule has 0 aliphatic rings. The molecular weight excluding hydrogens is 266 g/mol. The van der Waals surface area contributed by atoms with Crippen molar-refractivity contribution in [1.29, 1.82) is 0 Å². The summed E-state index contributed by atoms with van der Waals surface area (Å²) in [7, 11) is 0. The van der Waals surface area contributed by atoms with Crippen LogP contribution in [0.15, 0.2) is 41.9 Å². The average Bonchev–Trinajstić information content (AvgIpc) is 2.92. The SMILES string of the molecule is Cc1ccc(-c2csc(-c3cccnc3N)n2)cc1C. The molecule has 20 heavy (non-hydrogen) atoms. The van der Waals surface area contributed by atoms with E-state index in [1.807, 2.05) is 12.1 Å². The van der Waals surface area contributed by atoms with Crippen LogP contribution in [-0.2, 0) is 0 Å². The highest BCUT2D eigenvalue weighted by molar-refractivity contribution is 7.13. The first kappa shape index (κ1) is 12.8. The third kappa shape index (κ3) is 2.30. The molecular formula is C16H15N3S. The molecule has 3 aromatic rings. The van der Waals surface area contributed by atoms with Crippen LogP contribution in [-0.4, -0.2) is 9.97 Å². The molecule has 0 amide bonds. The van der Waals surface area contributed by atoms with Crippen LogP contribution < -0.4 is 5.73 Å². The maximum absolute atomic E-state index is 5.90. The monoisotopic (exact) mass is 281 g/mol. The van der Waals surface area contributed by atoms with Crippen molar-refractivity contribution in [2.45, 2.75) is 13.8 Å². The van der Waals surface area contributed by atoms with E-state index < -0.39 is 0 Å². The fourth-order valence-electron chi connectivity index (χ4n) is 2.03. The summed E-state index contributed by atoms with van der Waals surface area (Å²) in [4.78, 5) is 8.79. The van der Waals surface area contributed by atoms with E-state index in [-0.39, 0.29) is 0 Å². The van der Waals surface area contributed by atoms with Crippen LogP contribution in [0.2, 0.25) is 0 Å². The maximum Gasteiger partial charge on any atom is 0.133 e. The van der Waals surface area contributed by atoms with E-state index in [9.17, 15) is 0 Å². The third-order valence-corrected chi connectivity index (χ3v) is 4.25. The van der Waals surface area contributed by atoms with Crippen molar-refractivity contribution in [1.82, 2.24) is 9.97 Å². The smallest absolute Gasteiger partial charge is 0.133 e. The minimum absolute atomic E-state index is 0.522. The van der Waals surface area contributed by atoms with Crippen LogP contribution in [0.5, 0.6) is 0 Å². The number of nitrogens with two attached hydrogens (primary N) is 1. The molecule has 0 bridgehead atoms. The number of pyridine rings is 1. The van der Waals surface area contributed by atoms with Gasteiger partial charge in [0.25, 0.3) is 0 Å². The maximum atomic E-state index is 5.90. The van der Waals surface area contributed by atoms with E-state index in [0.29, 0.717) is 5.82 Å². The second-order valence-corrected chi connectivity index (χ2v) is 5.63. The summed E-state index contributed by atoms with van der Waals surface area (Å²) in [6.07, 6.45) is 1.69. The number of anilines is 1. The van der Waals surface area contributed by atoms with Crippen molar-refractivity contribution in [3.05, 3.63) is 53.0 Å². The van der Waals surface area contributed by atoms with Crippen molar-refractivity contribution in [2.75, 3.05) is 5.73 Å². The molecule has 2 heterocycles. The zero-order valence-corrected chi connectivity index (χ0v) is 12.2. The second kappa shape index (κ2) is 5.06. The zero-order valence-electron chi connectivity index (χ0n) is 11.4. The Morgan fingerprint density at radius 3 is 2.70 bits per heavy atom. The quantitative estimate of drug-likeness (QED) is 0.770. The van der Waals surface area contributed by atoms with Gasteiger partial charge in [0.1, 0.15) is 10.8 Å². The van der Waals surface area contributed by atoms with Crippen LogP contribution in [0, 0.1) is 13.8 Å². The number of hydrogen-bond acceptors (Lipinski definition) is 4. The molecule has 0 saturated heterocycles. The number of aromatic nitrogens is 2. The van der Waals surface area contributed by atoms with E-state index in [4.69, 9.17) is 5.73 Å². The molecule has 0 aliphatic heterocycles. The Hall–Kier alpha value is -2.20. The van der Waals surface area contributed by atoms with Gasteiger partial charge in [-0.05, 0) is 43.2 Å². The standard InChI is InChI=1S/C16H15N3S/c1-10-5-6-12(8-11(10)2)14-9-20-16(19-14)13-4-3-7-18-15(13)17/h3-9H,1-2H3,(H2,17,18). The van der Waals surface area contributed by atoms with Gasteiger partial charge < -0.3 is 5.73 Å². The Labute approximate surface area is 122 Å². The molecule has 0 unspecified atom stereocenters. The van der Waals surface area contributed by atoms with Crippen molar-refractivity contribution in [3.63, 3.8) is 0 Å². The molecule has 4 heteroatoms. The fourth-order valence-corrected chi connectivity index (χ4v) is 2.89. The number of rotatable bonds is 2. The Balaban J connectivity index is 2.02. The highest BCUT2D eigenvalue weighted by Gasteiger charge is 2.10. The van der Waals surface area contributed by atoms with Gasteiger partial charge in [0.15, 0.2) is 0 Å². The van der Waals surface area contributed by atoms with Gasteiger partial charge in [-0.1, -0.05) is 12.1 Å². The highest BCUT2D eigenvalue weighted by atomic mass is 32.1. The summed E-state index contributed by atoms with van der Waals surface area (Å²) in [5.41, 5.74) is 11.5. The number of benzene rings is 1. The first-order valence-corrected chi connectivity index (χ1v) is 7.27. The average molecular weight is 281 g/mol. The summed E-state index contributed by atoms with van der Waals surface area (Å²) in [5.74, 6) is 0.522. The number of thiazole rings is 1. The van der Waals surface area contributed by atoms with Crippen LogP contribution in [0.25, 0.3) is 21.8 Å². The van der Waals surface area contributed by atoms with E-state index in [1.54, 1.807) is 17.5 Å². The van der Waals surface area contributed by atoms with Crippen LogP contribution >= 0.6 is 11.3 Å². The van der Waals surface area contributed by atoms with E-state index in [2.05, 4.69) is 47.4 Å². The summed E-state index contributed by atoms with van der Waals surface area (Å²) in [6.45, 7) is 4.23. The molecule has 2 N–H and O–H groups in total. The first-order valence-electron chi connectivity index (χ1n) is 6.39. The number of nitrogen functional groups attached to an aromatic ring is 1. The molecule has 0 atom stereocenters. The van der Waals surface area contributed by atoms with Gasteiger partial charge >= 0.3 is 0 Å².